The van der Waals surface area contributed by atoms with E-state index in [1.165, 1.54) is 70.8 Å². The van der Waals surface area contributed by atoms with Gasteiger partial charge in [-0.15, -0.1) is 0 Å². The van der Waals surface area contributed by atoms with Crippen LogP contribution in [0.3, 0.4) is 0 Å². The van der Waals surface area contributed by atoms with Crippen molar-refractivity contribution in [2.45, 2.75) is 89.8 Å². The van der Waals surface area contributed by atoms with Gasteiger partial charge in [0.25, 0.3) is 0 Å². The van der Waals surface area contributed by atoms with Gasteiger partial charge in [-0.3, -0.25) is 0 Å². The molecule has 2 heteroatoms. The molecule has 2 aliphatic rings. The fourth-order valence-electron chi connectivity index (χ4n) is 4.06. The first kappa shape index (κ1) is 15.3. The maximum absolute atomic E-state index is 6.52. The summed E-state index contributed by atoms with van der Waals surface area (Å²) in [7, 11) is 0. The van der Waals surface area contributed by atoms with Gasteiger partial charge in [-0.2, -0.15) is 0 Å². The van der Waals surface area contributed by atoms with Gasteiger partial charge >= 0.3 is 0 Å². The van der Waals surface area contributed by atoms with Crippen molar-refractivity contribution in [2.75, 3.05) is 13.1 Å². The van der Waals surface area contributed by atoms with Crippen molar-refractivity contribution in [3.05, 3.63) is 0 Å². The third-order valence-electron chi connectivity index (χ3n) is 5.08. The fourth-order valence-corrected chi connectivity index (χ4v) is 4.06. The molecular weight excluding hydrogens is 234 g/mol. The van der Waals surface area contributed by atoms with Crippen molar-refractivity contribution in [1.82, 2.24) is 5.32 Å². The Bertz CT molecular complexity index is 248. The van der Waals surface area contributed by atoms with Crippen molar-refractivity contribution in [1.29, 1.82) is 0 Å². The molecule has 0 aromatic heterocycles. The monoisotopic (exact) mass is 267 g/mol. The Labute approximate surface area is 119 Å². The van der Waals surface area contributed by atoms with Gasteiger partial charge in [0, 0.05) is 0 Å². The summed E-state index contributed by atoms with van der Waals surface area (Å²) in [5, 5.41) is 3.52. The van der Waals surface area contributed by atoms with Gasteiger partial charge in [0.1, 0.15) is 0 Å². The van der Waals surface area contributed by atoms with Crippen LogP contribution in [0.2, 0.25) is 0 Å². The molecule has 0 aromatic carbocycles. The van der Waals surface area contributed by atoms with E-state index >= 15 is 0 Å². The van der Waals surface area contributed by atoms with Crippen LogP contribution in [0.4, 0.5) is 0 Å². The molecule has 1 saturated carbocycles. The zero-order valence-electron chi connectivity index (χ0n) is 13.0. The van der Waals surface area contributed by atoms with Crippen LogP contribution in [-0.2, 0) is 4.74 Å². The quantitative estimate of drug-likeness (QED) is 0.743. The standard InChI is InChI=1S/C17H33NO/c1-3-8-15(14-18-4-2)13-16-9-12-17(19-16)10-6-5-7-11-17/h15-16,18H,3-14H2,1-2H3. The molecule has 1 heterocycles. The number of hydrogen-bond donors (Lipinski definition) is 1. The molecule has 2 fully saturated rings. The smallest absolute Gasteiger partial charge is 0.0687 e. The normalized spacial score (nSPS) is 27.8. The molecular formula is C17H33NO. The van der Waals surface area contributed by atoms with Crippen LogP contribution in [0.1, 0.15) is 78.1 Å². The summed E-state index contributed by atoms with van der Waals surface area (Å²) in [6, 6.07) is 0. The number of rotatable bonds is 7. The Morgan fingerprint density at radius 2 is 1.95 bits per heavy atom. The van der Waals surface area contributed by atoms with Crippen molar-refractivity contribution < 1.29 is 4.74 Å². The van der Waals surface area contributed by atoms with Gasteiger partial charge < -0.3 is 10.1 Å². The van der Waals surface area contributed by atoms with Gasteiger partial charge in [-0.05, 0) is 57.5 Å². The van der Waals surface area contributed by atoms with Gasteiger partial charge in [-0.25, -0.2) is 0 Å². The third-order valence-corrected chi connectivity index (χ3v) is 5.08. The van der Waals surface area contributed by atoms with E-state index in [0.717, 1.165) is 12.5 Å². The Morgan fingerprint density at radius 3 is 2.63 bits per heavy atom. The summed E-state index contributed by atoms with van der Waals surface area (Å²) in [6.07, 6.45) is 14.0. The Morgan fingerprint density at radius 1 is 1.16 bits per heavy atom. The Hall–Kier alpha value is -0.0800. The average molecular weight is 267 g/mol. The first-order valence-electron chi connectivity index (χ1n) is 8.66. The summed E-state index contributed by atoms with van der Waals surface area (Å²) in [6.45, 7) is 6.77. The van der Waals surface area contributed by atoms with E-state index in [4.69, 9.17) is 4.74 Å². The molecule has 2 atom stereocenters. The van der Waals surface area contributed by atoms with Gasteiger partial charge in [0.05, 0.1) is 11.7 Å². The minimum Gasteiger partial charge on any atom is -0.372 e. The summed E-state index contributed by atoms with van der Waals surface area (Å²) in [5.74, 6) is 0.814. The average Bonchev–Trinajstić information content (AvgIpc) is 2.80. The van der Waals surface area contributed by atoms with Crippen LogP contribution >= 0.6 is 0 Å². The summed E-state index contributed by atoms with van der Waals surface area (Å²) < 4.78 is 6.52. The molecule has 2 rings (SSSR count). The number of ether oxygens (including phenoxy) is 1. The van der Waals surface area contributed by atoms with Crippen molar-refractivity contribution in [3.8, 4) is 0 Å². The number of nitrogens with one attached hydrogen (secondary N) is 1. The highest BCUT2D eigenvalue weighted by Crippen LogP contribution is 2.43. The first-order chi connectivity index (χ1) is 9.28. The predicted molar refractivity (Wildman–Crippen MR) is 81.5 cm³/mol. The largest absolute Gasteiger partial charge is 0.372 e. The molecule has 2 unspecified atom stereocenters. The van der Waals surface area contributed by atoms with E-state index in [0.29, 0.717) is 11.7 Å². The molecule has 0 radical (unpaired) electrons. The molecule has 1 N–H and O–H groups in total. The molecule has 112 valence electrons. The van der Waals surface area contributed by atoms with E-state index in [2.05, 4.69) is 19.2 Å². The molecule has 1 aliphatic carbocycles. The summed E-state index contributed by atoms with van der Waals surface area (Å²) >= 11 is 0. The minimum absolute atomic E-state index is 0.303. The SMILES string of the molecule is CCCC(CNCC)CC1CCC2(CCCCC2)O1. The molecule has 0 aromatic rings. The maximum atomic E-state index is 6.52. The van der Waals surface area contributed by atoms with Crippen LogP contribution < -0.4 is 5.32 Å². The first-order valence-corrected chi connectivity index (χ1v) is 8.66. The van der Waals surface area contributed by atoms with Crippen molar-refractivity contribution in [3.63, 3.8) is 0 Å². The van der Waals surface area contributed by atoms with E-state index in [-0.39, 0.29) is 0 Å². The second kappa shape index (κ2) is 7.64. The fraction of sp³-hybridized carbons (Fsp3) is 1.00. The summed E-state index contributed by atoms with van der Waals surface area (Å²) in [5.41, 5.74) is 0.303. The highest BCUT2D eigenvalue weighted by molar-refractivity contribution is 4.91. The van der Waals surface area contributed by atoms with Crippen LogP contribution in [0, 0.1) is 5.92 Å². The summed E-state index contributed by atoms with van der Waals surface area (Å²) in [4.78, 5) is 0. The molecule has 19 heavy (non-hydrogen) atoms. The van der Waals surface area contributed by atoms with Crippen LogP contribution in [-0.4, -0.2) is 24.8 Å². The topological polar surface area (TPSA) is 21.3 Å². The van der Waals surface area contributed by atoms with Gasteiger partial charge in [0.15, 0.2) is 0 Å². The van der Waals surface area contributed by atoms with Crippen molar-refractivity contribution in [2.24, 2.45) is 5.92 Å². The lowest BCUT2D eigenvalue weighted by molar-refractivity contribution is -0.0700. The lowest BCUT2D eigenvalue weighted by atomic mass is 9.83. The Kier molecular flexibility index (Phi) is 6.15. The number of hydrogen-bond acceptors (Lipinski definition) is 2. The second-order valence-electron chi connectivity index (χ2n) is 6.72. The van der Waals surface area contributed by atoms with Gasteiger partial charge in [0.2, 0.25) is 0 Å². The van der Waals surface area contributed by atoms with Crippen LogP contribution in [0.25, 0.3) is 0 Å². The lowest BCUT2D eigenvalue weighted by Gasteiger charge is -2.34. The second-order valence-corrected chi connectivity index (χ2v) is 6.72. The van der Waals surface area contributed by atoms with Gasteiger partial charge in [-0.1, -0.05) is 39.5 Å². The zero-order chi connectivity index (χ0) is 13.6. The maximum Gasteiger partial charge on any atom is 0.0687 e. The van der Waals surface area contributed by atoms with E-state index in [1.807, 2.05) is 0 Å². The van der Waals surface area contributed by atoms with Crippen molar-refractivity contribution >= 4 is 0 Å². The molecule has 1 spiro atoms. The molecule has 1 saturated heterocycles. The molecule has 2 nitrogen and oxygen atoms in total. The van der Waals surface area contributed by atoms with E-state index in [1.54, 1.807) is 0 Å². The van der Waals surface area contributed by atoms with Crippen LogP contribution in [0.15, 0.2) is 0 Å². The minimum atomic E-state index is 0.303. The predicted octanol–water partition coefficient (Wildman–Crippen LogP) is 4.28. The van der Waals surface area contributed by atoms with Crippen LogP contribution in [0.5, 0.6) is 0 Å². The Balaban J connectivity index is 1.78. The molecule has 0 amide bonds. The molecule has 0 bridgehead atoms. The van der Waals surface area contributed by atoms with E-state index in [9.17, 15) is 0 Å². The third kappa shape index (κ3) is 4.46. The van der Waals surface area contributed by atoms with E-state index < -0.39 is 0 Å². The highest BCUT2D eigenvalue weighted by atomic mass is 16.5. The lowest BCUT2D eigenvalue weighted by Crippen LogP contribution is -2.32. The molecule has 1 aliphatic heterocycles. The zero-order valence-corrected chi connectivity index (χ0v) is 13.0. The highest BCUT2D eigenvalue weighted by Gasteiger charge is 2.41.